The number of aromatic nitrogens is 3. The third kappa shape index (κ3) is 3.58. The van der Waals surface area contributed by atoms with Crippen molar-refractivity contribution in [2.24, 2.45) is 18.9 Å². The Morgan fingerprint density at radius 1 is 1.18 bits per heavy atom. The predicted octanol–water partition coefficient (Wildman–Crippen LogP) is 3.98. The van der Waals surface area contributed by atoms with Gasteiger partial charge in [-0.05, 0) is 56.2 Å². The molecule has 1 fully saturated rings. The molecule has 0 radical (unpaired) electrons. The maximum absolute atomic E-state index is 13.6. The van der Waals surface area contributed by atoms with Gasteiger partial charge in [-0.3, -0.25) is 0 Å². The normalized spacial score (nSPS) is 26.4. The molecule has 1 aromatic heterocycles. The van der Waals surface area contributed by atoms with E-state index in [-0.39, 0.29) is 11.9 Å². The molecule has 3 heterocycles. The molecule has 1 aromatic carbocycles. The van der Waals surface area contributed by atoms with Crippen molar-refractivity contribution >= 4 is 0 Å². The Balaban J connectivity index is 1.65. The van der Waals surface area contributed by atoms with Gasteiger partial charge in [-0.1, -0.05) is 23.4 Å². The van der Waals surface area contributed by atoms with E-state index in [1.54, 1.807) is 12.1 Å². The summed E-state index contributed by atoms with van der Waals surface area (Å²) in [5.74, 6) is 1.04. The van der Waals surface area contributed by atoms with Crippen LogP contribution in [0.2, 0.25) is 0 Å². The van der Waals surface area contributed by atoms with Crippen LogP contribution in [-0.2, 0) is 11.8 Å². The zero-order chi connectivity index (χ0) is 19.8. The molecule has 28 heavy (non-hydrogen) atoms. The first-order chi connectivity index (χ1) is 13.4. The van der Waals surface area contributed by atoms with E-state index in [1.165, 1.54) is 11.3 Å². The maximum Gasteiger partial charge on any atom is 0.123 e. The van der Waals surface area contributed by atoms with Crippen LogP contribution in [0.4, 0.5) is 4.39 Å². The topological polar surface area (TPSA) is 43.2 Å². The third-order valence-corrected chi connectivity index (χ3v) is 6.44. The maximum atomic E-state index is 13.6. The van der Waals surface area contributed by atoms with Gasteiger partial charge >= 0.3 is 0 Å². The molecule has 1 saturated heterocycles. The number of rotatable bonds is 4. The molecule has 0 N–H and O–H groups in total. The lowest BCUT2D eigenvalue weighted by atomic mass is 9.72. The van der Waals surface area contributed by atoms with Gasteiger partial charge in [-0.2, -0.15) is 0 Å². The molecule has 0 bridgehead atoms. The van der Waals surface area contributed by atoms with Crippen molar-refractivity contribution < 1.29 is 9.13 Å². The summed E-state index contributed by atoms with van der Waals surface area (Å²) in [5, 5.41) is 8.36. The van der Waals surface area contributed by atoms with Crippen LogP contribution in [0.1, 0.15) is 48.7 Å². The highest BCUT2D eigenvalue weighted by Crippen LogP contribution is 2.45. The molecule has 0 aliphatic carbocycles. The second-order valence-corrected chi connectivity index (χ2v) is 8.26. The van der Waals surface area contributed by atoms with Crippen molar-refractivity contribution in [2.45, 2.75) is 38.7 Å². The molecule has 5 nitrogen and oxygen atoms in total. The average molecular weight is 384 g/mol. The summed E-state index contributed by atoms with van der Waals surface area (Å²) < 4.78 is 21.5. The average Bonchev–Trinajstić information content (AvgIpc) is 3.18. The fourth-order valence-electron chi connectivity index (χ4n) is 4.97. The Hall–Kier alpha value is -2.21. The van der Waals surface area contributed by atoms with Crippen molar-refractivity contribution in [3.05, 3.63) is 58.8 Å². The van der Waals surface area contributed by atoms with Crippen molar-refractivity contribution in [2.75, 3.05) is 20.2 Å². The number of hydrogen-bond donors (Lipinski definition) is 0. The van der Waals surface area contributed by atoms with E-state index in [4.69, 9.17) is 4.74 Å². The zero-order valence-electron chi connectivity index (χ0n) is 17.1. The lowest BCUT2D eigenvalue weighted by Crippen LogP contribution is -2.31. The van der Waals surface area contributed by atoms with Crippen LogP contribution in [0, 0.1) is 24.6 Å². The first-order valence-corrected chi connectivity index (χ1v) is 10.1. The van der Waals surface area contributed by atoms with Gasteiger partial charge in [0.1, 0.15) is 11.9 Å². The molecule has 2 aliphatic rings. The minimum atomic E-state index is -0.181. The second-order valence-electron chi connectivity index (χ2n) is 8.26. The first-order valence-electron chi connectivity index (χ1n) is 10.1. The van der Waals surface area contributed by atoms with Crippen LogP contribution in [0.3, 0.4) is 0 Å². The molecule has 2 aliphatic heterocycles. The van der Waals surface area contributed by atoms with Crippen molar-refractivity contribution in [1.29, 1.82) is 0 Å². The van der Waals surface area contributed by atoms with Crippen LogP contribution in [0.5, 0.6) is 0 Å². The Morgan fingerprint density at radius 2 is 1.93 bits per heavy atom. The number of benzene rings is 1. The molecule has 0 amide bonds. The van der Waals surface area contributed by atoms with Gasteiger partial charge in [-0.25, -0.2) is 9.07 Å². The summed E-state index contributed by atoms with van der Waals surface area (Å²) in [7, 11) is 4.07. The molecular weight excluding hydrogens is 355 g/mol. The van der Waals surface area contributed by atoms with Crippen molar-refractivity contribution in [1.82, 2.24) is 19.9 Å². The Labute approximate surface area is 166 Å². The highest BCUT2D eigenvalue weighted by Gasteiger charge is 2.38. The lowest BCUT2D eigenvalue weighted by molar-refractivity contribution is -0.0241. The SMILES string of the molecule is CC1=CC(C(c2ccc(F)cc2)C2CCOC(c3c(C)nnn3C)C2)CN1C. The van der Waals surface area contributed by atoms with Crippen LogP contribution in [0.25, 0.3) is 0 Å². The first kappa shape index (κ1) is 19.1. The Bertz CT molecular complexity index is 840. The summed E-state index contributed by atoms with van der Waals surface area (Å²) in [6, 6.07) is 7.10. The van der Waals surface area contributed by atoms with Crippen LogP contribution >= 0.6 is 0 Å². The molecule has 0 spiro atoms. The second kappa shape index (κ2) is 7.66. The molecule has 4 unspecified atom stereocenters. The van der Waals surface area contributed by atoms with Gasteiger partial charge < -0.3 is 9.64 Å². The number of halogens is 1. The number of hydrogen-bond acceptors (Lipinski definition) is 4. The summed E-state index contributed by atoms with van der Waals surface area (Å²) in [6.45, 7) is 5.88. The summed E-state index contributed by atoms with van der Waals surface area (Å²) in [5.41, 5.74) is 4.53. The molecule has 4 atom stereocenters. The summed E-state index contributed by atoms with van der Waals surface area (Å²) >= 11 is 0. The predicted molar refractivity (Wildman–Crippen MR) is 106 cm³/mol. The molecule has 150 valence electrons. The van der Waals surface area contributed by atoms with E-state index in [0.717, 1.165) is 37.4 Å². The highest BCUT2D eigenvalue weighted by atomic mass is 19.1. The lowest BCUT2D eigenvalue weighted by Gasteiger charge is -2.37. The van der Waals surface area contributed by atoms with E-state index in [2.05, 4.69) is 35.3 Å². The molecule has 4 rings (SSSR count). The minimum absolute atomic E-state index is 0.00547. The monoisotopic (exact) mass is 384 g/mol. The molecule has 0 saturated carbocycles. The van der Waals surface area contributed by atoms with Crippen LogP contribution in [-0.4, -0.2) is 40.1 Å². The standard InChI is InChI=1S/C22H29FN4O/c1-14-11-18(13-26(14)3)21(16-5-7-19(23)8-6-16)17-9-10-28-20(12-17)22-15(2)24-25-27(22)4/h5-8,11,17-18,20-21H,9-10,12-13H2,1-4H3. The van der Waals surface area contributed by atoms with Gasteiger partial charge in [0.05, 0.1) is 11.4 Å². The van der Waals surface area contributed by atoms with Gasteiger partial charge in [0.25, 0.3) is 0 Å². The zero-order valence-corrected chi connectivity index (χ0v) is 17.1. The number of nitrogens with zero attached hydrogens (tertiary/aromatic N) is 4. The number of allylic oxidation sites excluding steroid dienone is 1. The highest BCUT2D eigenvalue weighted by molar-refractivity contribution is 5.27. The van der Waals surface area contributed by atoms with Crippen molar-refractivity contribution in [3.63, 3.8) is 0 Å². The van der Waals surface area contributed by atoms with Crippen LogP contribution < -0.4 is 0 Å². The van der Waals surface area contributed by atoms with E-state index in [1.807, 2.05) is 30.8 Å². The van der Waals surface area contributed by atoms with Gasteiger partial charge in [-0.15, -0.1) is 5.10 Å². The van der Waals surface area contributed by atoms with Crippen molar-refractivity contribution in [3.8, 4) is 0 Å². The minimum Gasteiger partial charge on any atom is -0.378 e. The molecule has 6 heteroatoms. The van der Waals surface area contributed by atoms with E-state index in [9.17, 15) is 4.39 Å². The van der Waals surface area contributed by atoms with E-state index >= 15 is 0 Å². The summed E-state index contributed by atoms with van der Waals surface area (Å²) in [6.07, 6.45) is 4.33. The fraction of sp³-hybridized carbons (Fsp3) is 0.545. The van der Waals surface area contributed by atoms with Crippen LogP contribution in [0.15, 0.2) is 36.0 Å². The third-order valence-electron chi connectivity index (χ3n) is 6.44. The smallest absolute Gasteiger partial charge is 0.123 e. The molecule has 2 aromatic rings. The number of ether oxygens (including phenoxy) is 1. The Morgan fingerprint density at radius 3 is 2.54 bits per heavy atom. The fourth-order valence-corrected chi connectivity index (χ4v) is 4.97. The van der Waals surface area contributed by atoms with E-state index in [0.29, 0.717) is 17.8 Å². The van der Waals surface area contributed by atoms with E-state index < -0.39 is 0 Å². The largest absolute Gasteiger partial charge is 0.378 e. The number of aryl methyl sites for hydroxylation is 2. The molecular formula is C22H29FN4O. The quantitative estimate of drug-likeness (QED) is 0.800. The van der Waals surface area contributed by atoms with Gasteiger partial charge in [0, 0.05) is 38.9 Å². The summed E-state index contributed by atoms with van der Waals surface area (Å²) in [4.78, 5) is 2.31. The van der Waals surface area contributed by atoms with Gasteiger partial charge in [0.15, 0.2) is 0 Å². The Kier molecular flexibility index (Phi) is 5.23. The van der Waals surface area contributed by atoms with Gasteiger partial charge in [0.2, 0.25) is 0 Å².